The minimum atomic E-state index is -1.50. The molecule has 1 aromatic rings. The highest BCUT2D eigenvalue weighted by atomic mass is 32.2. The lowest BCUT2D eigenvalue weighted by Gasteiger charge is -2.11. The molecule has 104 valence electrons. The average molecular weight is 282 g/mol. The summed E-state index contributed by atoms with van der Waals surface area (Å²) in [6.07, 6.45) is 1.06. The molecule has 0 aliphatic heterocycles. The zero-order chi connectivity index (χ0) is 14.3. The number of benzene rings is 1. The van der Waals surface area contributed by atoms with Crippen molar-refractivity contribution in [2.75, 3.05) is 5.75 Å². The van der Waals surface area contributed by atoms with E-state index in [4.69, 9.17) is 5.11 Å². The first-order chi connectivity index (χ1) is 9.00. The van der Waals surface area contributed by atoms with Crippen LogP contribution in [0.3, 0.4) is 0 Å². The molecule has 4 nitrogen and oxygen atoms in total. The largest absolute Gasteiger partial charge is 0.480 e. The number of aryl methyl sites for hydroxylation is 1. The van der Waals surface area contributed by atoms with Gasteiger partial charge in [0.15, 0.2) is 0 Å². The molecule has 0 saturated heterocycles. The van der Waals surface area contributed by atoms with E-state index in [9.17, 15) is 13.8 Å². The molecule has 0 radical (unpaired) electrons. The van der Waals surface area contributed by atoms with Gasteiger partial charge in [0, 0.05) is 23.0 Å². The van der Waals surface area contributed by atoms with Gasteiger partial charge in [-0.05, 0) is 25.3 Å². The summed E-state index contributed by atoms with van der Waals surface area (Å²) in [4.78, 5) is 22.0. The molecule has 0 spiro atoms. The van der Waals surface area contributed by atoms with Crippen molar-refractivity contribution in [1.29, 1.82) is 0 Å². The molecule has 5 heteroatoms. The fourth-order valence-electron chi connectivity index (χ4n) is 1.70. The van der Waals surface area contributed by atoms with Crippen LogP contribution in [-0.4, -0.2) is 32.1 Å². The summed E-state index contributed by atoms with van der Waals surface area (Å²) in [5, 5.41) is 8.21. The maximum atomic E-state index is 11.9. The lowest BCUT2D eigenvalue weighted by molar-refractivity contribution is -0.136. The third kappa shape index (κ3) is 5.79. The monoisotopic (exact) mass is 282 g/mol. The molecule has 1 rings (SSSR count). The van der Waals surface area contributed by atoms with Gasteiger partial charge in [0.1, 0.15) is 11.0 Å². The van der Waals surface area contributed by atoms with Crippen LogP contribution in [0.2, 0.25) is 0 Å². The molecule has 0 amide bonds. The van der Waals surface area contributed by atoms with Gasteiger partial charge in [-0.25, -0.2) is 0 Å². The van der Waals surface area contributed by atoms with E-state index in [1.54, 1.807) is 0 Å². The van der Waals surface area contributed by atoms with Crippen molar-refractivity contribution in [2.45, 2.75) is 31.4 Å². The van der Waals surface area contributed by atoms with Crippen molar-refractivity contribution in [2.24, 2.45) is 0 Å². The topological polar surface area (TPSA) is 71.4 Å². The number of aliphatic carboxylic acids is 1. The first-order valence-electron chi connectivity index (χ1n) is 6.14. The first kappa shape index (κ1) is 15.6. The lowest BCUT2D eigenvalue weighted by Crippen LogP contribution is -2.28. The Morgan fingerprint density at radius 3 is 2.42 bits per heavy atom. The molecule has 19 heavy (non-hydrogen) atoms. The Hall–Kier alpha value is -1.49. The van der Waals surface area contributed by atoms with Gasteiger partial charge in [-0.2, -0.15) is 0 Å². The van der Waals surface area contributed by atoms with Gasteiger partial charge in [0.25, 0.3) is 0 Å². The number of carbonyl (C=O) groups excluding carboxylic acids is 1. The molecular weight excluding hydrogens is 264 g/mol. The molecule has 0 fully saturated rings. The highest BCUT2D eigenvalue weighted by molar-refractivity contribution is 7.86. The number of rotatable bonds is 8. The summed E-state index contributed by atoms with van der Waals surface area (Å²) >= 11 is 0. The van der Waals surface area contributed by atoms with E-state index in [1.165, 1.54) is 6.92 Å². The number of carboxylic acid groups (broad SMARTS) is 1. The molecule has 0 bridgehead atoms. The Kier molecular flexibility index (Phi) is 6.42. The van der Waals surface area contributed by atoms with Gasteiger partial charge in [0.2, 0.25) is 0 Å². The molecule has 0 aliphatic rings. The molecule has 0 aliphatic carbocycles. The Bertz CT molecular complexity index is 456. The maximum absolute atomic E-state index is 11.9. The summed E-state index contributed by atoms with van der Waals surface area (Å²) in [6.45, 7) is 1.41. The number of hydrogen-bond donors (Lipinski definition) is 1. The second-order valence-electron chi connectivity index (χ2n) is 4.39. The second kappa shape index (κ2) is 7.84. The van der Waals surface area contributed by atoms with Gasteiger partial charge in [-0.3, -0.25) is 13.8 Å². The van der Waals surface area contributed by atoms with E-state index in [0.717, 1.165) is 5.56 Å². The SMILES string of the molecule is CC(=O)CCS(=O)C(CCc1ccccc1)C(=O)O. The Balaban J connectivity index is 2.55. The molecule has 1 aromatic carbocycles. The summed E-state index contributed by atoms with van der Waals surface area (Å²) in [6, 6.07) is 9.49. The Morgan fingerprint density at radius 1 is 1.26 bits per heavy atom. The van der Waals surface area contributed by atoms with E-state index in [-0.39, 0.29) is 18.0 Å². The third-order valence-electron chi connectivity index (χ3n) is 2.79. The van der Waals surface area contributed by atoms with Gasteiger partial charge in [-0.15, -0.1) is 0 Å². The summed E-state index contributed by atoms with van der Waals surface area (Å²) in [5.74, 6) is -1.00. The van der Waals surface area contributed by atoms with Crippen LogP contribution in [-0.2, 0) is 26.8 Å². The van der Waals surface area contributed by atoms with Crippen molar-refractivity contribution in [1.82, 2.24) is 0 Å². The Labute approximate surface area is 115 Å². The third-order valence-corrected chi connectivity index (χ3v) is 4.46. The Morgan fingerprint density at radius 2 is 1.89 bits per heavy atom. The molecule has 0 heterocycles. The minimum Gasteiger partial charge on any atom is -0.480 e. The minimum absolute atomic E-state index is 0.0689. The fourth-order valence-corrected chi connectivity index (χ4v) is 3.08. The zero-order valence-electron chi connectivity index (χ0n) is 10.9. The lowest BCUT2D eigenvalue weighted by atomic mass is 10.1. The van der Waals surface area contributed by atoms with Crippen LogP contribution in [0, 0.1) is 0 Å². The normalized spacial score (nSPS) is 13.7. The molecule has 0 aromatic heterocycles. The van der Waals surface area contributed by atoms with E-state index < -0.39 is 22.0 Å². The highest BCUT2D eigenvalue weighted by Crippen LogP contribution is 2.11. The van der Waals surface area contributed by atoms with Crippen LogP contribution in [0.25, 0.3) is 0 Å². The standard InChI is InChI=1S/C14H18O4S/c1-11(15)9-10-19(18)13(14(16)17)8-7-12-5-3-2-4-6-12/h2-6,13H,7-10H2,1H3,(H,16,17). The fraction of sp³-hybridized carbons (Fsp3) is 0.429. The quantitative estimate of drug-likeness (QED) is 0.789. The summed E-state index contributed by atoms with van der Waals surface area (Å²) in [5.41, 5.74) is 1.03. The van der Waals surface area contributed by atoms with Crippen LogP contribution in [0.5, 0.6) is 0 Å². The zero-order valence-corrected chi connectivity index (χ0v) is 11.7. The van der Waals surface area contributed by atoms with Gasteiger partial charge >= 0.3 is 5.97 Å². The summed E-state index contributed by atoms with van der Waals surface area (Å²) < 4.78 is 11.9. The predicted molar refractivity (Wildman–Crippen MR) is 74.5 cm³/mol. The van der Waals surface area contributed by atoms with Crippen molar-refractivity contribution in [3.8, 4) is 0 Å². The first-order valence-corrected chi connectivity index (χ1v) is 7.52. The second-order valence-corrected chi connectivity index (χ2v) is 6.13. The summed E-state index contributed by atoms with van der Waals surface area (Å²) in [7, 11) is -1.50. The maximum Gasteiger partial charge on any atom is 0.319 e. The van der Waals surface area contributed by atoms with Crippen molar-refractivity contribution in [3.63, 3.8) is 0 Å². The van der Waals surface area contributed by atoms with E-state index in [2.05, 4.69) is 0 Å². The predicted octanol–water partition coefficient (Wildman–Crippen LogP) is 1.80. The van der Waals surface area contributed by atoms with Crippen molar-refractivity contribution >= 4 is 22.6 Å². The highest BCUT2D eigenvalue weighted by Gasteiger charge is 2.24. The number of carboxylic acids is 1. The van der Waals surface area contributed by atoms with E-state index in [0.29, 0.717) is 12.8 Å². The van der Waals surface area contributed by atoms with Crippen LogP contribution < -0.4 is 0 Å². The van der Waals surface area contributed by atoms with E-state index in [1.807, 2.05) is 30.3 Å². The van der Waals surface area contributed by atoms with Gasteiger partial charge < -0.3 is 5.11 Å². The van der Waals surface area contributed by atoms with Crippen LogP contribution >= 0.6 is 0 Å². The number of Topliss-reactive ketones (excluding diaryl/α,β-unsaturated/α-hetero) is 1. The number of ketones is 1. The van der Waals surface area contributed by atoms with Gasteiger partial charge in [0.05, 0.1) is 0 Å². The molecule has 2 atom stereocenters. The molecule has 0 saturated carbocycles. The van der Waals surface area contributed by atoms with Gasteiger partial charge in [-0.1, -0.05) is 30.3 Å². The molecule has 2 unspecified atom stereocenters. The van der Waals surface area contributed by atoms with Crippen molar-refractivity contribution < 1.29 is 18.9 Å². The smallest absolute Gasteiger partial charge is 0.319 e. The average Bonchev–Trinajstić information content (AvgIpc) is 2.37. The van der Waals surface area contributed by atoms with Crippen LogP contribution in [0.1, 0.15) is 25.3 Å². The number of carbonyl (C=O) groups is 2. The van der Waals surface area contributed by atoms with Crippen LogP contribution in [0.4, 0.5) is 0 Å². The molecule has 1 N–H and O–H groups in total. The van der Waals surface area contributed by atoms with Crippen LogP contribution in [0.15, 0.2) is 30.3 Å². The molecular formula is C14H18O4S. The van der Waals surface area contributed by atoms with E-state index >= 15 is 0 Å². The number of hydrogen-bond acceptors (Lipinski definition) is 3. The van der Waals surface area contributed by atoms with Crippen molar-refractivity contribution in [3.05, 3.63) is 35.9 Å².